The van der Waals surface area contributed by atoms with E-state index in [0.29, 0.717) is 11.6 Å². The van der Waals surface area contributed by atoms with Gasteiger partial charge in [-0.2, -0.15) is 5.10 Å². The molecule has 0 bridgehead atoms. The van der Waals surface area contributed by atoms with Gasteiger partial charge in [0.2, 0.25) is 5.91 Å². The molecule has 1 unspecified atom stereocenters. The molecule has 1 saturated carbocycles. The molecule has 28 heavy (non-hydrogen) atoms. The molecule has 144 valence electrons. The Morgan fingerprint density at radius 2 is 1.79 bits per heavy atom. The van der Waals surface area contributed by atoms with Crippen LogP contribution in [0.5, 0.6) is 0 Å². The van der Waals surface area contributed by atoms with E-state index < -0.39 is 5.41 Å². The fourth-order valence-electron chi connectivity index (χ4n) is 4.06. The zero-order valence-corrected chi connectivity index (χ0v) is 16.1. The molecule has 1 aliphatic rings. The minimum Gasteiger partial charge on any atom is -0.346 e. The Hall–Kier alpha value is -3.02. The highest BCUT2D eigenvalue weighted by Gasteiger charge is 2.41. The number of aromatic amines is 1. The van der Waals surface area contributed by atoms with Crippen molar-refractivity contribution < 1.29 is 4.79 Å². The van der Waals surface area contributed by atoms with Crippen molar-refractivity contribution in [1.82, 2.24) is 25.5 Å². The fraction of sp³-hybridized carbons (Fsp3) is 0.364. The molecule has 2 heterocycles. The molecule has 2 N–H and O–H groups in total. The van der Waals surface area contributed by atoms with Crippen LogP contribution in [0.1, 0.15) is 56.5 Å². The first-order valence-corrected chi connectivity index (χ1v) is 9.88. The number of amides is 1. The van der Waals surface area contributed by atoms with Crippen LogP contribution in [0.4, 0.5) is 0 Å². The van der Waals surface area contributed by atoms with E-state index in [9.17, 15) is 4.79 Å². The van der Waals surface area contributed by atoms with Gasteiger partial charge in [0, 0.05) is 18.0 Å². The predicted molar refractivity (Wildman–Crippen MR) is 107 cm³/mol. The molecule has 0 saturated heterocycles. The topological polar surface area (TPSA) is 83.6 Å². The highest BCUT2D eigenvalue weighted by molar-refractivity contribution is 5.88. The first-order chi connectivity index (χ1) is 13.7. The molecule has 0 aliphatic heterocycles. The molecule has 0 spiro atoms. The summed E-state index contributed by atoms with van der Waals surface area (Å²) in [4.78, 5) is 22.0. The summed E-state index contributed by atoms with van der Waals surface area (Å²) in [6, 6.07) is 13.6. The summed E-state index contributed by atoms with van der Waals surface area (Å²) >= 11 is 0. The van der Waals surface area contributed by atoms with Crippen LogP contribution in [0.3, 0.4) is 0 Å². The number of carbonyl (C=O) groups is 1. The van der Waals surface area contributed by atoms with E-state index in [1.54, 1.807) is 12.4 Å². The molecular weight excluding hydrogens is 350 g/mol. The van der Waals surface area contributed by atoms with Crippen LogP contribution in [-0.4, -0.2) is 26.1 Å². The second-order valence-corrected chi connectivity index (χ2v) is 7.48. The van der Waals surface area contributed by atoms with Crippen LogP contribution in [0.25, 0.3) is 11.4 Å². The Morgan fingerprint density at radius 3 is 2.50 bits per heavy atom. The number of hydrogen-bond donors (Lipinski definition) is 2. The highest BCUT2D eigenvalue weighted by atomic mass is 16.2. The van der Waals surface area contributed by atoms with Crippen LogP contribution < -0.4 is 5.32 Å². The van der Waals surface area contributed by atoms with Gasteiger partial charge in [-0.25, -0.2) is 4.98 Å². The van der Waals surface area contributed by atoms with Crippen LogP contribution in [-0.2, 0) is 10.2 Å². The normalized spacial score (nSPS) is 17.0. The van der Waals surface area contributed by atoms with Gasteiger partial charge in [-0.1, -0.05) is 49.6 Å². The van der Waals surface area contributed by atoms with Crippen LogP contribution in [0, 0.1) is 0 Å². The third kappa shape index (κ3) is 3.54. The summed E-state index contributed by atoms with van der Waals surface area (Å²) in [7, 11) is 0. The lowest BCUT2D eigenvalue weighted by molar-refractivity contribution is -0.128. The third-order valence-electron chi connectivity index (χ3n) is 5.67. The van der Waals surface area contributed by atoms with Crippen molar-refractivity contribution in [3.8, 4) is 11.4 Å². The van der Waals surface area contributed by atoms with Gasteiger partial charge in [-0.15, -0.1) is 0 Å². The monoisotopic (exact) mass is 375 g/mol. The first-order valence-electron chi connectivity index (χ1n) is 9.88. The lowest BCUT2D eigenvalue weighted by Crippen LogP contribution is -2.46. The van der Waals surface area contributed by atoms with E-state index in [0.717, 1.165) is 36.8 Å². The summed E-state index contributed by atoms with van der Waals surface area (Å²) in [6.07, 6.45) is 8.53. The number of carbonyl (C=O) groups excluding carboxylic acids is 1. The van der Waals surface area contributed by atoms with Crippen LogP contribution in [0.2, 0.25) is 0 Å². The van der Waals surface area contributed by atoms with Gasteiger partial charge in [0.25, 0.3) is 0 Å². The Labute approximate surface area is 164 Å². The molecule has 4 rings (SSSR count). The number of H-pyrrole nitrogens is 1. The second kappa shape index (κ2) is 7.92. The molecule has 1 aromatic carbocycles. The molecule has 6 heteroatoms. The maximum Gasteiger partial charge on any atom is 0.231 e. The number of benzene rings is 1. The number of pyridine rings is 1. The Bertz CT molecular complexity index is 916. The van der Waals surface area contributed by atoms with Gasteiger partial charge < -0.3 is 5.32 Å². The summed E-state index contributed by atoms with van der Waals surface area (Å²) in [5.41, 5.74) is 1.54. The second-order valence-electron chi connectivity index (χ2n) is 7.48. The van der Waals surface area contributed by atoms with Crippen molar-refractivity contribution in [3.05, 3.63) is 66.2 Å². The van der Waals surface area contributed by atoms with Gasteiger partial charge >= 0.3 is 0 Å². The molecule has 1 fully saturated rings. The van der Waals surface area contributed by atoms with Crippen LogP contribution >= 0.6 is 0 Å². The summed E-state index contributed by atoms with van der Waals surface area (Å²) in [6.45, 7) is 1.94. The molecule has 0 radical (unpaired) electrons. The SMILES string of the molecule is CC(NC(=O)C1(c2ccccc2)CCCCC1)c1nc(-c2ccncc2)n[nH]1. The summed E-state index contributed by atoms with van der Waals surface area (Å²) < 4.78 is 0. The van der Waals surface area contributed by atoms with Crippen molar-refractivity contribution in [3.63, 3.8) is 0 Å². The van der Waals surface area contributed by atoms with E-state index in [1.165, 1.54) is 6.42 Å². The van der Waals surface area contributed by atoms with Gasteiger partial charge in [-0.3, -0.25) is 14.9 Å². The molecule has 1 atom stereocenters. The number of rotatable bonds is 5. The maximum absolute atomic E-state index is 13.4. The van der Waals surface area contributed by atoms with Gasteiger partial charge in [0.15, 0.2) is 5.82 Å². The molecule has 3 aromatic rings. The van der Waals surface area contributed by atoms with Crippen molar-refractivity contribution in [2.45, 2.75) is 50.5 Å². The number of nitrogens with zero attached hydrogens (tertiary/aromatic N) is 3. The van der Waals surface area contributed by atoms with E-state index >= 15 is 0 Å². The third-order valence-corrected chi connectivity index (χ3v) is 5.67. The minimum absolute atomic E-state index is 0.0766. The Balaban J connectivity index is 1.54. The lowest BCUT2D eigenvalue weighted by atomic mass is 9.68. The summed E-state index contributed by atoms with van der Waals surface area (Å²) in [5, 5.41) is 10.4. The average molecular weight is 375 g/mol. The maximum atomic E-state index is 13.4. The number of hydrogen-bond acceptors (Lipinski definition) is 4. The van der Waals surface area contributed by atoms with Crippen molar-refractivity contribution in [1.29, 1.82) is 0 Å². The quantitative estimate of drug-likeness (QED) is 0.707. The Morgan fingerprint density at radius 1 is 1.07 bits per heavy atom. The number of aromatic nitrogens is 4. The van der Waals surface area contributed by atoms with Crippen molar-refractivity contribution in [2.75, 3.05) is 0 Å². The standard InChI is InChI=1S/C22H25N5O/c1-16(19-25-20(27-26-19)17-10-14-23-15-11-17)24-21(28)22(12-6-3-7-13-22)18-8-4-2-5-9-18/h2,4-5,8-11,14-16H,3,6-7,12-13H2,1H3,(H,24,28)(H,25,26,27). The fourth-order valence-corrected chi connectivity index (χ4v) is 4.06. The smallest absolute Gasteiger partial charge is 0.231 e. The molecular formula is C22H25N5O. The zero-order chi connectivity index (χ0) is 19.4. The van der Waals surface area contributed by atoms with E-state index in [4.69, 9.17) is 0 Å². The largest absolute Gasteiger partial charge is 0.346 e. The molecule has 1 amide bonds. The lowest BCUT2D eigenvalue weighted by Gasteiger charge is -2.37. The van der Waals surface area contributed by atoms with E-state index in [1.807, 2.05) is 37.3 Å². The van der Waals surface area contributed by atoms with Gasteiger partial charge in [0.05, 0.1) is 11.5 Å². The highest BCUT2D eigenvalue weighted by Crippen LogP contribution is 2.40. The summed E-state index contributed by atoms with van der Waals surface area (Å²) in [5.74, 6) is 1.33. The zero-order valence-electron chi connectivity index (χ0n) is 16.1. The van der Waals surface area contributed by atoms with Gasteiger partial charge in [0.1, 0.15) is 5.82 Å². The van der Waals surface area contributed by atoms with Gasteiger partial charge in [-0.05, 0) is 37.5 Å². The average Bonchev–Trinajstić information content (AvgIpc) is 3.26. The number of nitrogens with one attached hydrogen (secondary N) is 2. The van der Waals surface area contributed by atoms with E-state index in [2.05, 4.69) is 37.6 Å². The molecule has 2 aromatic heterocycles. The minimum atomic E-state index is -0.457. The van der Waals surface area contributed by atoms with Crippen LogP contribution in [0.15, 0.2) is 54.9 Å². The Kier molecular flexibility index (Phi) is 5.19. The predicted octanol–water partition coefficient (Wildman–Crippen LogP) is 3.95. The van der Waals surface area contributed by atoms with Crippen molar-refractivity contribution >= 4 is 5.91 Å². The molecule has 1 aliphatic carbocycles. The van der Waals surface area contributed by atoms with E-state index in [-0.39, 0.29) is 11.9 Å². The molecule has 6 nitrogen and oxygen atoms in total. The van der Waals surface area contributed by atoms with Crippen molar-refractivity contribution in [2.24, 2.45) is 0 Å². The first kappa shape index (κ1) is 18.3.